The maximum atomic E-state index is 14.1. The third-order valence-corrected chi connectivity index (χ3v) is 4.39. The number of benzene rings is 1. The summed E-state index contributed by atoms with van der Waals surface area (Å²) in [5, 5.41) is 7.04. The van der Waals surface area contributed by atoms with Gasteiger partial charge in [-0.1, -0.05) is 29.3 Å². The van der Waals surface area contributed by atoms with Crippen molar-refractivity contribution in [2.24, 2.45) is 0 Å². The summed E-state index contributed by atoms with van der Waals surface area (Å²) in [6.07, 6.45) is 0. The van der Waals surface area contributed by atoms with E-state index in [2.05, 4.69) is 10.2 Å². The molecule has 0 aliphatic rings. The van der Waals surface area contributed by atoms with Gasteiger partial charge >= 0.3 is 0 Å². The van der Waals surface area contributed by atoms with E-state index in [1.165, 1.54) is 17.4 Å². The van der Waals surface area contributed by atoms with E-state index in [1.807, 2.05) is 6.07 Å². The van der Waals surface area contributed by atoms with E-state index in [0.717, 1.165) is 4.88 Å². The van der Waals surface area contributed by atoms with Crippen LogP contribution in [0.15, 0.2) is 30.3 Å². The lowest BCUT2D eigenvalue weighted by atomic mass is 10.0. The molecule has 0 saturated heterocycles. The first-order valence-corrected chi connectivity index (χ1v) is 7.19. The van der Waals surface area contributed by atoms with Crippen molar-refractivity contribution in [3.8, 4) is 21.7 Å². The Balaban J connectivity index is 2.27. The Bertz CT molecular complexity index is 762. The summed E-state index contributed by atoms with van der Waals surface area (Å²) in [6.45, 7) is 0. The van der Waals surface area contributed by atoms with Crippen LogP contribution in [0.4, 0.5) is 10.2 Å². The summed E-state index contributed by atoms with van der Waals surface area (Å²) in [5.74, 6) is -0.258. The molecule has 0 bridgehead atoms. The molecule has 7 heteroatoms. The van der Waals surface area contributed by atoms with Gasteiger partial charge < -0.3 is 5.73 Å². The van der Waals surface area contributed by atoms with Gasteiger partial charge in [-0.25, -0.2) is 4.39 Å². The van der Waals surface area contributed by atoms with Crippen LogP contribution >= 0.6 is 34.5 Å². The van der Waals surface area contributed by atoms with E-state index in [-0.39, 0.29) is 16.4 Å². The molecule has 2 heterocycles. The summed E-state index contributed by atoms with van der Waals surface area (Å²) in [6, 6.07) is 8.05. The van der Waals surface area contributed by atoms with E-state index in [1.54, 1.807) is 18.2 Å². The van der Waals surface area contributed by atoms with Crippen LogP contribution in [0.3, 0.4) is 0 Å². The molecule has 3 N–H and O–H groups in total. The number of nitrogen functional groups attached to an aromatic ring is 1. The summed E-state index contributed by atoms with van der Waals surface area (Å²) in [5.41, 5.74) is 7.15. The van der Waals surface area contributed by atoms with E-state index >= 15 is 0 Å². The number of nitrogens with one attached hydrogen (secondary N) is 1. The highest BCUT2D eigenvalue weighted by Crippen LogP contribution is 2.42. The van der Waals surface area contributed by atoms with Crippen molar-refractivity contribution < 1.29 is 4.39 Å². The third kappa shape index (κ3) is 2.18. The predicted octanol–water partition coefficient (Wildman–Crippen LogP) is 4.83. The van der Waals surface area contributed by atoms with Gasteiger partial charge in [-0.15, -0.1) is 11.3 Å². The van der Waals surface area contributed by atoms with Crippen LogP contribution in [0.2, 0.25) is 9.36 Å². The number of H-pyrrole nitrogens is 1. The van der Waals surface area contributed by atoms with Crippen LogP contribution in [0.1, 0.15) is 0 Å². The summed E-state index contributed by atoms with van der Waals surface area (Å²) < 4.78 is 14.7. The smallest absolute Gasteiger partial charge is 0.153 e. The molecule has 3 rings (SSSR count). The highest BCUT2D eigenvalue weighted by molar-refractivity contribution is 7.19. The van der Waals surface area contributed by atoms with Crippen molar-refractivity contribution in [1.29, 1.82) is 0 Å². The average molecular weight is 328 g/mol. The maximum absolute atomic E-state index is 14.1. The third-order valence-electron chi connectivity index (χ3n) is 2.83. The Morgan fingerprint density at radius 3 is 2.60 bits per heavy atom. The molecule has 0 saturated carbocycles. The molecule has 2 aromatic heterocycles. The number of rotatable bonds is 2. The molecule has 1 aromatic carbocycles. The Labute approximate surface area is 128 Å². The second kappa shape index (κ2) is 5.09. The molecule has 0 aliphatic heterocycles. The van der Waals surface area contributed by atoms with Crippen molar-refractivity contribution in [2.75, 3.05) is 5.73 Å². The Morgan fingerprint density at radius 2 is 1.95 bits per heavy atom. The molecule has 3 aromatic rings. The number of nitrogens with two attached hydrogens (primary N) is 1. The highest BCUT2D eigenvalue weighted by atomic mass is 35.5. The first-order valence-electron chi connectivity index (χ1n) is 5.62. The first kappa shape index (κ1) is 13.4. The Kier molecular flexibility index (Phi) is 3.41. The number of thiophene rings is 1. The van der Waals surface area contributed by atoms with Gasteiger partial charge in [0.1, 0.15) is 5.82 Å². The van der Waals surface area contributed by atoms with E-state index in [9.17, 15) is 4.39 Å². The van der Waals surface area contributed by atoms with Crippen LogP contribution in [-0.2, 0) is 0 Å². The zero-order valence-corrected chi connectivity index (χ0v) is 12.3. The Morgan fingerprint density at radius 1 is 1.15 bits per heavy atom. The molecular formula is C13H8Cl2FN3S. The van der Waals surface area contributed by atoms with E-state index in [0.29, 0.717) is 15.6 Å². The number of anilines is 1. The summed E-state index contributed by atoms with van der Waals surface area (Å²) in [4.78, 5) is 0.813. The number of hydrogen-bond donors (Lipinski definition) is 2. The summed E-state index contributed by atoms with van der Waals surface area (Å²) in [7, 11) is 0. The van der Waals surface area contributed by atoms with Crippen LogP contribution in [0.5, 0.6) is 0 Å². The van der Waals surface area contributed by atoms with Gasteiger partial charge in [0.2, 0.25) is 0 Å². The lowest BCUT2D eigenvalue weighted by Gasteiger charge is -2.06. The van der Waals surface area contributed by atoms with Gasteiger partial charge in [0.05, 0.1) is 25.5 Å². The fraction of sp³-hybridized carbons (Fsp3) is 0. The summed E-state index contributed by atoms with van der Waals surface area (Å²) >= 11 is 13.4. The first-order chi connectivity index (χ1) is 9.58. The monoisotopic (exact) mass is 327 g/mol. The molecule has 3 nitrogen and oxygen atoms in total. The lowest BCUT2D eigenvalue weighted by molar-refractivity contribution is 0.631. The number of aromatic nitrogens is 2. The molecule has 0 spiro atoms. The van der Waals surface area contributed by atoms with Crippen LogP contribution in [-0.4, -0.2) is 10.2 Å². The maximum Gasteiger partial charge on any atom is 0.153 e. The fourth-order valence-electron chi connectivity index (χ4n) is 1.97. The second-order valence-electron chi connectivity index (χ2n) is 4.06. The van der Waals surface area contributed by atoms with Gasteiger partial charge in [0.25, 0.3) is 0 Å². The largest absolute Gasteiger partial charge is 0.382 e. The van der Waals surface area contributed by atoms with Gasteiger partial charge in [0.15, 0.2) is 5.82 Å². The molecule has 102 valence electrons. The van der Waals surface area contributed by atoms with Gasteiger partial charge in [0, 0.05) is 5.56 Å². The van der Waals surface area contributed by atoms with E-state index in [4.69, 9.17) is 28.9 Å². The van der Waals surface area contributed by atoms with Crippen LogP contribution < -0.4 is 5.73 Å². The minimum atomic E-state index is -0.450. The molecular weight excluding hydrogens is 320 g/mol. The van der Waals surface area contributed by atoms with Crippen molar-refractivity contribution >= 4 is 40.4 Å². The molecule has 0 atom stereocenters. The average Bonchev–Trinajstić information content (AvgIpc) is 2.97. The molecule has 0 radical (unpaired) electrons. The molecule has 0 unspecified atom stereocenters. The standard InChI is InChI=1S/C13H8Cl2FN3S/c14-6-2-1-3-7(16)10(6)11-12(18-19-13(11)17)8-4-5-9(15)20-8/h1-5H,(H3,17,18,19). The normalized spacial score (nSPS) is 10.9. The molecule has 0 aliphatic carbocycles. The number of aromatic amines is 1. The predicted molar refractivity (Wildman–Crippen MR) is 81.7 cm³/mol. The van der Waals surface area contributed by atoms with Crippen LogP contribution in [0.25, 0.3) is 21.7 Å². The molecule has 0 fully saturated rings. The highest BCUT2D eigenvalue weighted by Gasteiger charge is 2.21. The zero-order chi connectivity index (χ0) is 14.3. The van der Waals surface area contributed by atoms with Gasteiger partial charge in [-0.3, -0.25) is 5.10 Å². The number of halogens is 3. The van der Waals surface area contributed by atoms with Crippen LogP contribution in [0, 0.1) is 5.82 Å². The quantitative estimate of drug-likeness (QED) is 0.708. The molecule has 20 heavy (non-hydrogen) atoms. The van der Waals surface area contributed by atoms with Crippen molar-refractivity contribution in [3.63, 3.8) is 0 Å². The second-order valence-corrected chi connectivity index (χ2v) is 6.18. The van der Waals surface area contributed by atoms with Gasteiger partial charge in [-0.2, -0.15) is 5.10 Å². The van der Waals surface area contributed by atoms with Gasteiger partial charge in [-0.05, 0) is 24.3 Å². The minimum Gasteiger partial charge on any atom is -0.382 e. The SMILES string of the molecule is Nc1n[nH]c(-c2ccc(Cl)s2)c1-c1c(F)cccc1Cl. The lowest BCUT2D eigenvalue weighted by Crippen LogP contribution is -1.92. The zero-order valence-electron chi connectivity index (χ0n) is 9.95. The van der Waals surface area contributed by atoms with E-state index < -0.39 is 5.82 Å². The fourth-order valence-corrected chi connectivity index (χ4v) is 3.27. The topological polar surface area (TPSA) is 54.7 Å². The van der Waals surface area contributed by atoms with Crippen molar-refractivity contribution in [3.05, 3.63) is 45.5 Å². The minimum absolute atomic E-state index is 0.191. The number of nitrogens with zero attached hydrogens (tertiary/aromatic N) is 1. The van der Waals surface area contributed by atoms with Crippen molar-refractivity contribution in [2.45, 2.75) is 0 Å². The van der Waals surface area contributed by atoms with Crippen molar-refractivity contribution in [1.82, 2.24) is 10.2 Å². The Hall–Kier alpha value is -1.56. The molecule has 0 amide bonds. The number of hydrogen-bond acceptors (Lipinski definition) is 3.